The molecule has 0 saturated carbocycles. The standard InChI is InChI=1S/C48H29NO2/c1-28-17-19-29(20-18-28)43-23-31(32-14-8-15-39-37-13-6-7-16-45(37)51-48(32)39)24-44(49-43)30-21-22-38-42-26-40-35-11-4-2-9-33(35)34-10-3-5-12-36(34)41(40)27-47(42)50-46(38)25-30/h2-27H,1H3. The van der Waals surface area contributed by atoms with E-state index in [1.165, 1.54) is 37.9 Å². The lowest BCUT2D eigenvalue weighted by Gasteiger charge is -2.11. The Hall–Kier alpha value is -6.71. The van der Waals surface area contributed by atoms with Crippen LogP contribution in [0.1, 0.15) is 5.56 Å². The van der Waals surface area contributed by atoms with Gasteiger partial charge in [0.2, 0.25) is 0 Å². The number of hydrogen-bond donors (Lipinski definition) is 0. The minimum absolute atomic E-state index is 0.842. The fourth-order valence-electron chi connectivity index (χ4n) is 8.01. The van der Waals surface area contributed by atoms with Gasteiger partial charge in [0.1, 0.15) is 22.3 Å². The van der Waals surface area contributed by atoms with Crippen LogP contribution in [0.5, 0.6) is 0 Å². The van der Waals surface area contributed by atoms with E-state index >= 15 is 0 Å². The zero-order chi connectivity index (χ0) is 33.6. The highest BCUT2D eigenvalue weighted by atomic mass is 16.3. The Kier molecular flexibility index (Phi) is 5.88. The maximum Gasteiger partial charge on any atom is 0.143 e. The van der Waals surface area contributed by atoms with Crippen molar-refractivity contribution in [1.82, 2.24) is 4.98 Å². The predicted octanol–water partition coefficient (Wildman–Crippen LogP) is 13.6. The minimum atomic E-state index is 0.842. The summed E-state index contributed by atoms with van der Waals surface area (Å²) in [5.41, 5.74) is 10.6. The molecule has 51 heavy (non-hydrogen) atoms. The van der Waals surface area contributed by atoms with Gasteiger partial charge >= 0.3 is 0 Å². The van der Waals surface area contributed by atoms with Crippen LogP contribution in [0.25, 0.3) is 110 Å². The third-order valence-electron chi connectivity index (χ3n) is 10.5. The molecule has 0 aliphatic heterocycles. The molecule has 0 fully saturated rings. The van der Waals surface area contributed by atoms with Crippen molar-refractivity contribution in [2.45, 2.75) is 6.92 Å². The first-order valence-corrected chi connectivity index (χ1v) is 17.4. The van der Waals surface area contributed by atoms with Crippen LogP contribution in [0.3, 0.4) is 0 Å². The van der Waals surface area contributed by atoms with Crippen LogP contribution in [0.15, 0.2) is 167 Å². The summed E-state index contributed by atoms with van der Waals surface area (Å²) >= 11 is 0. The summed E-state index contributed by atoms with van der Waals surface area (Å²) in [5, 5.41) is 11.9. The third kappa shape index (κ3) is 4.28. The lowest BCUT2D eigenvalue weighted by Crippen LogP contribution is -1.92. The SMILES string of the molecule is Cc1ccc(-c2cc(-c3cccc4c3oc3ccccc34)cc(-c3ccc4c(c3)oc3cc5c6ccccc6c6ccccc6c5cc34)n2)cc1. The second kappa shape index (κ2) is 10.6. The van der Waals surface area contributed by atoms with Crippen LogP contribution in [-0.2, 0) is 0 Å². The van der Waals surface area contributed by atoms with Gasteiger partial charge in [-0.2, -0.15) is 0 Å². The van der Waals surface area contributed by atoms with Gasteiger partial charge in [0.25, 0.3) is 0 Å². The molecule has 11 rings (SSSR count). The smallest absolute Gasteiger partial charge is 0.143 e. The van der Waals surface area contributed by atoms with Crippen molar-refractivity contribution in [2.75, 3.05) is 0 Å². The molecule has 8 aromatic carbocycles. The van der Waals surface area contributed by atoms with Gasteiger partial charge in [0.05, 0.1) is 11.4 Å². The highest BCUT2D eigenvalue weighted by Gasteiger charge is 2.18. The van der Waals surface area contributed by atoms with Crippen LogP contribution in [0.2, 0.25) is 0 Å². The van der Waals surface area contributed by atoms with Crippen molar-refractivity contribution in [3.05, 3.63) is 163 Å². The molecule has 0 N–H and O–H groups in total. The van der Waals surface area contributed by atoms with Crippen molar-refractivity contribution in [1.29, 1.82) is 0 Å². The maximum absolute atomic E-state index is 6.68. The molecule has 0 bridgehead atoms. The molecule has 3 heteroatoms. The van der Waals surface area contributed by atoms with Gasteiger partial charge in [0, 0.05) is 38.2 Å². The molecule has 3 aromatic heterocycles. The first-order chi connectivity index (χ1) is 25.2. The van der Waals surface area contributed by atoms with Gasteiger partial charge in [-0.05, 0) is 87.3 Å². The Morgan fingerprint density at radius 2 is 0.922 bits per heavy atom. The monoisotopic (exact) mass is 651 g/mol. The molecule has 238 valence electrons. The summed E-state index contributed by atoms with van der Waals surface area (Å²) in [6.07, 6.45) is 0. The van der Waals surface area contributed by atoms with Gasteiger partial charge in [0.15, 0.2) is 0 Å². The van der Waals surface area contributed by atoms with Crippen LogP contribution in [0.4, 0.5) is 0 Å². The normalized spacial score (nSPS) is 12.0. The van der Waals surface area contributed by atoms with Crippen LogP contribution in [0, 0.1) is 6.92 Å². The molecule has 3 nitrogen and oxygen atoms in total. The number of aromatic nitrogens is 1. The zero-order valence-corrected chi connectivity index (χ0v) is 27.8. The van der Waals surface area contributed by atoms with Crippen LogP contribution >= 0.6 is 0 Å². The number of para-hydroxylation sites is 2. The summed E-state index contributed by atoms with van der Waals surface area (Å²) in [4.78, 5) is 5.25. The van der Waals surface area contributed by atoms with Crippen molar-refractivity contribution in [2.24, 2.45) is 0 Å². The van der Waals surface area contributed by atoms with Crippen molar-refractivity contribution in [3.8, 4) is 33.6 Å². The number of furan rings is 2. The van der Waals surface area contributed by atoms with E-state index in [2.05, 4.69) is 153 Å². The molecule has 0 amide bonds. The Bertz CT molecular complexity index is 3200. The Labute approximate surface area is 293 Å². The lowest BCUT2D eigenvalue weighted by molar-refractivity contribution is 0.669. The molecule has 0 atom stereocenters. The lowest BCUT2D eigenvalue weighted by atomic mass is 9.93. The fraction of sp³-hybridized carbons (Fsp3) is 0.0208. The second-order valence-corrected chi connectivity index (χ2v) is 13.6. The molecule has 3 heterocycles. The van der Waals surface area contributed by atoms with Gasteiger partial charge in [-0.1, -0.05) is 121 Å². The highest BCUT2D eigenvalue weighted by molar-refractivity contribution is 6.28. The number of fused-ring (bicyclic) bond motifs is 12. The Balaban J connectivity index is 1.13. The largest absolute Gasteiger partial charge is 0.456 e. The van der Waals surface area contributed by atoms with Crippen molar-refractivity contribution in [3.63, 3.8) is 0 Å². The minimum Gasteiger partial charge on any atom is -0.456 e. The predicted molar refractivity (Wildman–Crippen MR) is 212 cm³/mol. The molecular formula is C48H29NO2. The van der Waals surface area contributed by atoms with E-state index in [9.17, 15) is 0 Å². The average Bonchev–Trinajstić information content (AvgIpc) is 3.75. The summed E-state index contributed by atoms with van der Waals surface area (Å²) in [6.45, 7) is 2.11. The molecule has 11 aromatic rings. The molecule has 0 unspecified atom stereocenters. The van der Waals surface area contributed by atoms with E-state index in [0.717, 1.165) is 77.5 Å². The van der Waals surface area contributed by atoms with Crippen molar-refractivity contribution < 1.29 is 8.83 Å². The number of nitrogens with zero attached hydrogens (tertiary/aromatic N) is 1. The molecule has 0 saturated heterocycles. The molecule has 0 aliphatic carbocycles. The number of rotatable bonds is 3. The molecular weight excluding hydrogens is 623 g/mol. The van der Waals surface area contributed by atoms with E-state index in [1.54, 1.807) is 0 Å². The highest BCUT2D eigenvalue weighted by Crippen LogP contribution is 2.42. The quantitative estimate of drug-likeness (QED) is 0.178. The van der Waals surface area contributed by atoms with Gasteiger partial charge in [-0.15, -0.1) is 0 Å². The Morgan fingerprint density at radius 1 is 0.353 bits per heavy atom. The fourth-order valence-corrected chi connectivity index (χ4v) is 8.01. The first-order valence-electron chi connectivity index (χ1n) is 17.4. The number of aryl methyl sites for hydroxylation is 1. The molecule has 0 aliphatic rings. The number of benzene rings is 8. The second-order valence-electron chi connectivity index (χ2n) is 13.6. The first kappa shape index (κ1) is 28.2. The number of hydrogen-bond acceptors (Lipinski definition) is 3. The maximum atomic E-state index is 6.68. The van der Waals surface area contributed by atoms with Crippen LogP contribution in [-0.4, -0.2) is 4.98 Å². The summed E-state index contributed by atoms with van der Waals surface area (Å²) in [5.74, 6) is 0. The zero-order valence-electron chi connectivity index (χ0n) is 27.8. The van der Waals surface area contributed by atoms with E-state index in [4.69, 9.17) is 13.8 Å². The van der Waals surface area contributed by atoms with E-state index < -0.39 is 0 Å². The Morgan fingerprint density at radius 3 is 1.67 bits per heavy atom. The molecule has 0 radical (unpaired) electrons. The topological polar surface area (TPSA) is 39.2 Å². The van der Waals surface area contributed by atoms with Crippen molar-refractivity contribution >= 4 is 76.2 Å². The van der Waals surface area contributed by atoms with Gasteiger partial charge < -0.3 is 8.83 Å². The number of pyridine rings is 1. The van der Waals surface area contributed by atoms with E-state index in [1.807, 2.05) is 12.1 Å². The van der Waals surface area contributed by atoms with Gasteiger partial charge in [-0.25, -0.2) is 4.98 Å². The van der Waals surface area contributed by atoms with Gasteiger partial charge in [-0.3, -0.25) is 0 Å². The molecule has 0 spiro atoms. The average molecular weight is 652 g/mol. The third-order valence-corrected chi connectivity index (χ3v) is 10.5. The summed E-state index contributed by atoms with van der Waals surface area (Å²) in [6, 6.07) is 56.0. The summed E-state index contributed by atoms with van der Waals surface area (Å²) in [7, 11) is 0. The van der Waals surface area contributed by atoms with Crippen LogP contribution < -0.4 is 0 Å². The summed E-state index contributed by atoms with van der Waals surface area (Å²) < 4.78 is 13.2. The van der Waals surface area contributed by atoms with E-state index in [-0.39, 0.29) is 0 Å². The van der Waals surface area contributed by atoms with E-state index in [0.29, 0.717) is 0 Å².